The van der Waals surface area contributed by atoms with Gasteiger partial charge in [-0.3, -0.25) is 4.79 Å². The van der Waals surface area contributed by atoms with Crippen LogP contribution in [0.15, 0.2) is 11.6 Å². The van der Waals surface area contributed by atoms with Gasteiger partial charge in [0.2, 0.25) is 0 Å². The number of carbonyl (C=O) groups excluding carboxylic acids is 1. The van der Waals surface area contributed by atoms with Gasteiger partial charge >= 0.3 is 5.97 Å². The number of fused-ring (bicyclic) bond motifs is 5. The Morgan fingerprint density at radius 1 is 1.19 bits per heavy atom. The Kier molecular flexibility index (Phi) is 3.86. The molecule has 5 heteroatoms. The molecule has 150 valence electrons. The first kappa shape index (κ1) is 19.1. The number of ketones is 1. The van der Waals surface area contributed by atoms with Gasteiger partial charge in [0, 0.05) is 11.8 Å². The summed E-state index contributed by atoms with van der Waals surface area (Å²) >= 11 is 0. The van der Waals surface area contributed by atoms with Gasteiger partial charge in [-0.05, 0) is 66.8 Å². The Morgan fingerprint density at radius 2 is 1.85 bits per heavy atom. The minimum absolute atomic E-state index is 0.0143. The molecule has 0 heterocycles. The number of aliphatic hydroxyl groups excluding tert-OH is 1. The Labute approximate surface area is 160 Å². The summed E-state index contributed by atoms with van der Waals surface area (Å²) < 4.78 is 0. The molecule has 0 aromatic heterocycles. The smallest absolute Gasteiger partial charge is 0.336 e. The van der Waals surface area contributed by atoms with E-state index >= 15 is 0 Å². The number of hydrogen-bond donors (Lipinski definition) is 3. The van der Waals surface area contributed by atoms with Gasteiger partial charge < -0.3 is 15.3 Å². The Balaban J connectivity index is 1.84. The van der Waals surface area contributed by atoms with E-state index in [-0.39, 0.29) is 34.4 Å². The van der Waals surface area contributed by atoms with Crippen LogP contribution in [0.5, 0.6) is 0 Å². The summed E-state index contributed by atoms with van der Waals surface area (Å²) in [6.45, 7) is 8.08. The van der Waals surface area contributed by atoms with Crippen LogP contribution in [0.1, 0.15) is 66.2 Å². The Hall–Kier alpha value is -1.20. The average molecular weight is 376 g/mol. The summed E-state index contributed by atoms with van der Waals surface area (Å²) in [5.74, 6) is -1.33. The molecule has 27 heavy (non-hydrogen) atoms. The molecule has 1 unspecified atom stereocenters. The van der Waals surface area contributed by atoms with Gasteiger partial charge in [-0.2, -0.15) is 0 Å². The predicted octanol–water partition coefficient (Wildman–Crippen LogP) is 2.94. The van der Waals surface area contributed by atoms with Crippen molar-refractivity contribution in [3.63, 3.8) is 0 Å². The van der Waals surface area contributed by atoms with Crippen LogP contribution in [0.25, 0.3) is 0 Å². The monoisotopic (exact) mass is 376 g/mol. The van der Waals surface area contributed by atoms with E-state index in [9.17, 15) is 24.9 Å². The molecule has 0 aliphatic heterocycles. The van der Waals surface area contributed by atoms with Gasteiger partial charge in [-0.15, -0.1) is 0 Å². The molecule has 0 radical (unpaired) electrons. The lowest BCUT2D eigenvalue weighted by Gasteiger charge is -2.65. The van der Waals surface area contributed by atoms with Crippen molar-refractivity contribution in [3.05, 3.63) is 11.6 Å². The fraction of sp³-hybridized carbons (Fsp3) is 0.818. The third-order valence-corrected chi connectivity index (χ3v) is 9.37. The van der Waals surface area contributed by atoms with E-state index in [1.165, 1.54) is 0 Å². The molecule has 4 aliphatic rings. The number of carboxylic acids is 1. The molecule has 0 saturated heterocycles. The summed E-state index contributed by atoms with van der Waals surface area (Å²) in [5, 5.41) is 32.5. The molecular formula is C22H32O5. The maximum absolute atomic E-state index is 12.1. The normalized spacial score (nSPS) is 54.6. The van der Waals surface area contributed by atoms with E-state index in [4.69, 9.17) is 0 Å². The summed E-state index contributed by atoms with van der Waals surface area (Å²) in [7, 11) is 0. The van der Waals surface area contributed by atoms with E-state index in [2.05, 4.69) is 13.8 Å². The van der Waals surface area contributed by atoms with Gasteiger partial charge in [0.05, 0.1) is 6.10 Å². The van der Waals surface area contributed by atoms with Crippen molar-refractivity contribution in [1.29, 1.82) is 0 Å². The molecule has 3 N–H and O–H groups in total. The molecule has 0 spiro atoms. The van der Waals surface area contributed by atoms with Gasteiger partial charge in [-0.25, -0.2) is 4.79 Å². The quantitative estimate of drug-likeness (QED) is 0.654. The first-order chi connectivity index (χ1) is 12.4. The molecule has 0 bridgehead atoms. The maximum Gasteiger partial charge on any atom is 0.336 e. The van der Waals surface area contributed by atoms with Crippen molar-refractivity contribution < 1.29 is 24.9 Å². The molecular weight excluding hydrogens is 344 g/mol. The second-order valence-corrected chi connectivity index (χ2v) is 10.5. The summed E-state index contributed by atoms with van der Waals surface area (Å²) in [5.41, 5.74) is -2.00. The number of carboxylic acid groups (broad SMARTS) is 1. The van der Waals surface area contributed by atoms with Crippen molar-refractivity contribution >= 4 is 11.8 Å². The zero-order valence-electron chi connectivity index (χ0n) is 16.8. The molecule has 0 aromatic rings. The van der Waals surface area contributed by atoms with E-state index < -0.39 is 23.1 Å². The van der Waals surface area contributed by atoms with Crippen LogP contribution < -0.4 is 0 Å². The number of aliphatic carboxylic acids is 1. The van der Waals surface area contributed by atoms with Crippen LogP contribution in [0.3, 0.4) is 0 Å². The van der Waals surface area contributed by atoms with Crippen LogP contribution >= 0.6 is 0 Å². The van der Waals surface area contributed by atoms with Gasteiger partial charge in [0.25, 0.3) is 0 Å². The van der Waals surface area contributed by atoms with E-state index in [1.54, 1.807) is 6.08 Å². The SMILES string of the molecule is C[C@@H]1C[C@@H]2[C@](C)(C[C@H](O)C3[C@@]4(C)CCC(=O)C=C4CC[C@]32C)[C@@]1(O)C(=O)O. The minimum atomic E-state index is -1.81. The van der Waals surface area contributed by atoms with Crippen LogP contribution in [0.2, 0.25) is 0 Å². The zero-order valence-corrected chi connectivity index (χ0v) is 16.8. The van der Waals surface area contributed by atoms with Crippen LogP contribution in [0, 0.1) is 34.0 Å². The highest BCUT2D eigenvalue weighted by atomic mass is 16.4. The lowest BCUT2D eigenvalue weighted by molar-refractivity contribution is -0.218. The standard InChI is InChI=1S/C22H32O5/c1-12-9-16-20(3)7-5-13-10-14(23)6-8-19(13,2)17(20)15(24)11-21(16,4)22(12,27)18(25)26/h10,12,15-17,24,27H,5-9,11H2,1-4H3,(H,25,26)/t12-,15+,16+,17?,19+,20+,21+,22+/m1/s1. The summed E-state index contributed by atoms with van der Waals surface area (Å²) in [4.78, 5) is 24.1. The van der Waals surface area contributed by atoms with Crippen molar-refractivity contribution in [1.82, 2.24) is 0 Å². The topological polar surface area (TPSA) is 94.8 Å². The van der Waals surface area contributed by atoms with Crippen molar-refractivity contribution in [2.75, 3.05) is 0 Å². The zero-order chi connectivity index (χ0) is 20.0. The number of rotatable bonds is 1. The van der Waals surface area contributed by atoms with Crippen LogP contribution in [0.4, 0.5) is 0 Å². The third-order valence-electron chi connectivity index (χ3n) is 9.37. The molecule has 4 aliphatic carbocycles. The predicted molar refractivity (Wildman–Crippen MR) is 99.8 cm³/mol. The second kappa shape index (κ2) is 5.44. The number of aliphatic hydroxyl groups is 2. The first-order valence-corrected chi connectivity index (χ1v) is 10.3. The Bertz CT molecular complexity index is 743. The van der Waals surface area contributed by atoms with E-state index in [1.807, 2.05) is 13.8 Å². The lowest BCUT2D eigenvalue weighted by Crippen LogP contribution is -2.65. The molecule has 3 fully saturated rings. The highest BCUT2D eigenvalue weighted by Crippen LogP contribution is 2.73. The average Bonchev–Trinajstić information content (AvgIpc) is 2.78. The molecule has 5 nitrogen and oxygen atoms in total. The largest absolute Gasteiger partial charge is 0.479 e. The number of allylic oxidation sites excluding steroid dienone is 1. The Morgan fingerprint density at radius 3 is 2.48 bits per heavy atom. The number of hydrogen-bond acceptors (Lipinski definition) is 4. The fourth-order valence-corrected chi connectivity index (χ4v) is 8.15. The van der Waals surface area contributed by atoms with Crippen molar-refractivity contribution in [2.24, 2.45) is 34.0 Å². The third kappa shape index (κ3) is 2.08. The first-order valence-electron chi connectivity index (χ1n) is 10.3. The van der Waals surface area contributed by atoms with Crippen molar-refractivity contribution in [2.45, 2.75) is 77.9 Å². The fourth-order valence-electron chi connectivity index (χ4n) is 8.15. The minimum Gasteiger partial charge on any atom is -0.479 e. The molecule has 0 aromatic carbocycles. The molecule has 8 atom stereocenters. The van der Waals surface area contributed by atoms with Gasteiger partial charge in [-0.1, -0.05) is 33.3 Å². The lowest BCUT2D eigenvalue weighted by atomic mass is 9.40. The summed E-state index contributed by atoms with van der Waals surface area (Å²) in [6.07, 6.45) is 4.96. The van der Waals surface area contributed by atoms with Crippen LogP contribution in [-0.4, -0.2) is 38.8 Å². The maximum atomic E-state index is 12.1. The molecule has 4 rings (SSSR count). The van der Waals surface area contributed by atoms with Crippen LogP contribution in [-0.2, 0) is 9.59 Å². The van der Waals surface area contributed by atoms with E-state index in [0.29, 0.717) is 19.3 Å². The highest BCUT2D eigenvalue weighted by Gasteiger charge is 2.74. The van der Waals surface area contributed by atoms with E-state index in [0.717, 1.165) is 24.8 Å². The highest BCUT2D eigenvalue weighted by molar-refractivity contribution is 5.91. The summed E-state index contributed by atoms with van der Waals surface area (Å²) in [6, 6.07) is 0. The molecule has 0 amide bonds. The van der Waals surface area contributed by atoms with Gasteiger partial charge in [0.15, 0.2) is 11.4 Å². The second-order valence-electron chi connectivity index (χ2n) is 10.5. The van der Waals surface area contributed by atoms with Gasteiger partial charge in [0.1, 0.15) is 0 Å². The van der Waals surface area contributed by atoms with Crippen molar-refractivity contribution in [3.8, 4) is 0 Å². The molecule has 3 saturated carbocycles. The number of carbonyl (C=O) groups is 2.